The van der Waals surface area contributed by atoms with Gasteiger partial charge in [0, 0.05) is 13.0 Å². The van der Waals surface area contributed by atoms with Gasteiger partial charge in [0.2, 0.25) is 5.91 Å². The molecule has 0 bridgehead atoms. The summed E-state index contributed by atoms with van der Waals surface area (Å²) in [6.07, 6.45) is 10.5. The highest BCUT2D eigenvalue weighted by Crippen LogP contribution is 2.12. The van der Waals surface area contributed by atoms with Crippen LogP contribution in [0, 0.1) is 0 Å². The van der Waals surface area contributed by atoms with Gasteiger partial charge >= 0.3 is 5.97 Å². The van der Waals surface area contributed by atoms with E-state index in [1.54, 1.807) is 0 Å². The Balaban J connectivity index is 3.65. The molecule has 0 aromatic rings. The van der Waals surface area contributed by atoms with E-state index in [1.807, 2.05) is 0 Å². The molecule has 0 aliphatic carbocycles. The number of aliphatic hydroxyl groups excluding tert-OH is 2. The number of nitrogens with one attached hydrogen (secondary N) is 1. The Hall–Kier alpha value is -1.14. The summed E-state index contributed by atoms with van der Waals surface area (Å²) in [6, 6.07) is -1.09. The number of carbonyl (C=O) groups is 2. The molecule has 0 radical (unpaired) electrons. The van der Waals surface area contributed by atoms with E-state index in [9.17, 15) is 14.7 Å². The molecule has 6 nitrogen and oxygen atoms in total. The van der Waals surface area contributed by atoms with E-state index in [-0.39, 0.29) is 19.4 Å². The summed E-state index contributed by atoms with van der Waals surface area (Å²) in [5.74, 6) is -1.66. The van der Waals surface area contributed by atoms with Gasteiger partial charge in [0.15, 0.2) is 0 Å². The van der Waals surface area contributed by atoms with E-state index in [0.29, 0.717) is 6.42 Å². The third kappa shape index (κ3) is 13.3. The maximum Gasteiger partial charge on any atom is 0.326 e. The quantitative estimate of drug-likeness (QED) is 0.322. The second kappa shape index (κ2) is 15.4. The van der Waals surface area contributed by atoms with Crippen molar-refractivity contribution >= 4 is 11.9 Å². The lowest BCUT2D eigenvalue weighted by molar-refractivity contribution is -0.142. The summed E-state index contributed by atoms with van der Waals surface area (Å²) in [5.41, 5.74) is 0. The Kier molecular flexibility index (Phi) is 14.7. The zero-order chi connectivity index (χ0) is 18.2. The van der Waals surface area contributed by atoms with Gasteiger partial charge in [-0.05, 0) is 6.42 Å². The lowest BCUT2D eigenvalue weighted by atomic mass is 10.0. The van der Waals surface area contributed by atoms with Crippen LogP contribution in [0.15, 0.2) is 0 Å². The fraction of sp³-hybridized carbons (Fsp3) is 0.889. The number of rotatable bonds is 16. The molecule has 0 fully saturated rings. The molecule has 0 aromatic carbocycles. The Morgan fingerprint density at radius 3 is 1.96 bits per heavy atom. The molecule has 0 saturated carbocycles. The number of hydrogen-bond donors (Lipinski definition) is 4. The Labute approximate surface area is 145 Å². The van der Waals surface area contributed by atoms with E-state index in [0.717, 1.165) is 19.3 Å². The monoisotopic (exact) mass is 345 g/mol. The van der Waals surface area contributed by atoms with Crippen molar-refractivity contribution in [2.24, 2.45) is 0 Å². The van der Waals surface area contributed by atoms with E-state index in [4.69, 9.17) is 10.2 Å². The summed E-state index contributed by atoms with van der Waals surface area (Å²) >= 11 is 0. The molecular weight excluding hydrogens is 310 g/mol. The Morgan fingerprint density at radius 1 is 0.917 bits per heavy atom. The summed E-state index contributed by atoms with van der Waals surface area (Å²) in [6.45, 7) is 1.90. The highest BCUT2D eigenvalue weighted by Gasteiger charge is 2.20. The first-order valence-corrected chi connectivity index (χ1v) is 9.32. The molecule has 4 N–H and O–H groups in total. The molecule has 24 heavy (non-hydrogen) atoms. The van der Waals surface area contributed by atoms with Crippen LogP contribution >= 0.6 is 0 Å². The van der Waals surface area contributed by atoms with Crippen LogP contribution in [0.5, 0.6) is 0 Å². The molecule has 0 unspecified atom stereocenters. The number of carbonyl (C=O) groups excluding carboxylic acids is 1. The van der Waals surface area contributed by atoms with Crippen molar-refractivity contribution in [3.8, 4) is 0 Å². The predicted octanol–water partition coefficient (Wildman–Crippen LogP) is 2.61. The van der Waals surface area contributed by atoms with E-state index < -0.39 is 24.0 Å². The van der Waals surface area contributed by atoms with Crippen LogP contribution in [0.4, 0.5) is 0 Å². The minimum atomic E-state index is -1.18. The number of aliphatic hydroxyl groups is 2. The van der Waals surface area contributed by atoms with Gasteiger partial charge in [-0.25, -0.2) is 4.79 Å². The second-order valence-corrected chi connectivity index (χ2v) is 6.45. The van der Waals surface area contributed by atoms with Crippen LogP contribution in [-0.4, -0.2) is 45.9 Å². The van der Waals surface area contributed by atoms with Crippen molar-refractivity contribution < 1.29 is 24.9 Å². The van der Waals surface area contributed by atoms with Crippen molar-refractivity contribution in [1.82, 2.24) is 5.32 Å². The number of carboxylic acid groups (broad SMARTS) is 1. The summed E-state index contributed by atoms with van der Waals surface area (Å²) in [5, 5.41) is 29.8. The topological polar surface area (TPSA) is 107 Å². The van der Waals surface area contributed by atoms with Gasteiger partial charge in [0.25, 0.3) is 0 Å². The molecule has 0 rings (SSSR count). The highest BCUT2D eigenvalue weighted by molar-refractivity contribution is 5.83. The summed E-state index contributed by atoms with van der Waals surface area (Å²) in [7, 11) is 0. The summed E-state index contributed by atoms with van der Waals surface area (Å²) < 4.78 is 0. The SMILES string of the molecule is CCCCCCCCCCC[C@@H](O)CC(=O)N[C@@H](CCO)C(=O)O. The minimum Gasteiger partial charge on any atom is -0.480 e. The zero-order valence-corrected chi connectivity index (χ0v) is 15.0. The highest BCUT2D eigenvalue weighted by atomic mass is 16.4. The smallest absolute Gasteiger partial charge is 0.326 e. The molecular formula is C18H35NO5. The summed E-state index contributed by atoms with van der Waals surface area (Å²) in [4.78, 5) is 22.6. The van der Waals surface area contributed by atoms with Gasteiger partial charge < -0.3 is 20.6 Å². The van der Waals surface area contributed by atoms with Crippen molar-refractivity contribution in [2.45, 2.75) is 96.1 Å². The third-order valence-electron chi connectivity index (χ3n) is 4.11. The van der Waals surface area contributed by atoms with Crippen LogP contribution in [0.1, 0.15) is 84.0 Å². The molecule has 0 saturated heterocycles. The van der Waals surface area contributed by atoms with Crippen molar-refractivity contribution in [3.05, 3.63) is 0 Å². The first-order chi connectivity index (χ1) is 11.5. The standard InChI is InChI=1S/C18H35NO5/c1-2-3-4-5-6-7-8-9-10-11-15(21)14-17(22)19-16(12-13-20)18(23)24/h15-16,20-21H,2-14H2,1H3,(H,19,22)(H,23,24)/t15-,16+/m1/s1. The maximum absolute atomic E-state index is 11.7. The predicted molar refractivity (Wildman–Crippen MR) is 93.7 cm³/mol. The fourth-order valence-electron chi connectivity index (χ4n) is 2.65. The first kappa shape index (κ1) is 22.9. The number of carboxylic acids is 1. The van der Waals surface area contributed by atoms with Crippen molar-refractivity contribution in [1.29, 1.82) is 0 Å². The number of hydrogen-bond acceptors (Lipinski definition) is 4. The average Bonchev–Trinajstić information content (AvgIpc) is 2.52. The van der Waals surface area contributed by atoms with E-state index >= 15 is 0 Å². The first-order valence-electron chi connectivity index (χ1n) is 9.32. The number of amides is 1. The van der Waals surface area contributed by atoms with Gasteiger partial charge in [0.05, 0.1) is 12.5 Å². The van der Waals surface area contributed by atoms with Crippen LogP contribution in [-0.2, 0) is 9.59 Å². The molecule has 6 heteroatoms. The fourth-order valence-corrected chi connectivity index (χ4v) is 2.65. The van der Waals surface area contributed by atoms with Gasteiger partial charge in [-0.15, -0.1) is 0 Å². The molecule has 0 spiro atoms. The van der Waals surface area contributed by atoms with Gasteiger partial charge in [-0.1, -0.05) is 64.7 Å². The number of unbranched alkanes of at least 4 members (excludes halogenated alkanes) is 8. The molecule has 0 heterocycles. The maximum atomic E-state index is 11.7. The zero-order valence-electron chi connectivity index (χ0n) is 15.0. The van der Waals surface area contributed by atoms with Gasteiger partial charge in [-0.2, -0.15) is 0 Å². The molecule has 142 valence electrons. The van der Waals surface area contributed by atoms with Crippen LogP contribution < -0.4 is 5.32 Å². The molecule has 1 amide bonds. The van der Waals surface area contributed by atoms with Crippen molar-refractivity contribution in [3.63, 3.8) is 0 Å². The third-order valence-corrected chi connectivity index (χ3v) is 4.11. The van der Waals surface area contributed by atoms with Gasteiger partial charge in [0.1, 0.15) is 6.04 Å². The van der Waals surface area contributed by atoms with Crippen LogP contribution in [0.25, 0.3) is 0 Å². The molecule has 0 aliphatic heterocycles. The lowest BCUT2D eigenvalue weighted by Crippen LogP contribution is -2.42. The van der Waals surface area contributed by atoms with Crippen LogP contribution in [0.2, 0.25) is 0 Å². The lowest BCUT2D eigenvalue weighted by Gasteiger charge is -2.15. The van der Waals surface area contributed by atoms with Crippen molar-refractivity contribution in [2.75, 3.05) is 6.61 Å². The Morgan fingerprint density at radius 2 is 1.46 bits per heavy atom. The molecule has 0 aromatic heterocycles. The molecule has 0 aliphatic rings. The van der Waals surface area contributed by atoms with E-state index in [1.165, 1.54) is 38.5 Å². The molecule has 2 atom stereocenters. The Bertz CT molecular complexity index is 335. The minimum absolute atomic E-state index is 0.0323. The van der Waals surface area contributed by atoms with Gasteiger partial charge in [-0.3, -0.25) is 4.79 Å². The largest absolute Gasteiger partial charge is 0.480 e. The normalized spacial score (nSPS) is 13.5. The van der Waals surface area contributed by atoms with E-state index in [2.05, 4.69) is 12.2 Å². The average molecular weight is 345 g/mol. The second-order valence-electron chi connectivity index (χ2n) is 6.45. The van der Waals surface area contributed by atoms with Crippen LogP contribution in [0.3, 0.4) is 0 Å². The number of aliphatic carboxylic acids is 1.